The lowest BCUT2D eigenvalue weighted by atomic mass is 10.1. The highest BCUT2D eigenvalue weighted by Gasteiger charge is 1.96. The largest absolute Gasteiger partial charge is 0.351 e. The summed E-state index contributed by atoms with van der Waals surface area (Å²) in [6.07, 6.45) is 3.48. The molecule has 0 aliphatic rings. The number of urea groups is 1. The molecule has 0 aliphatic carbocycles. The summed E-state index contributed by atoms with van der Waals surface area (Å²) in [7, 11) is 0. The predicted molar refractivity (Wildman–Crippen MR) is 58.3 cm³/mol. The molecule has 0 radical (unpaired) electrons. The lowest BCUT2D eigenvalue weighted by molar-refractivity contribution is 0.259. The number of benzene rings is 1. The molecule has 3 N–H and O–H groups in total. The van der Waals surface area contributed by atoms with E-state index in [0.29, 0.717) is 0 Å². The molecule has 1 aromatic rings. The zero-order valence-electron chi connectivity index (χ0n) is 8.42. The Labute approximate surface area is 84.3 Å². The van der Waals surface area contributed by atoms with E-state index >= 15 is 0 Å². The molecule has 3 heteroatoms. The Morgan fingerprint density at radius 2 is 2.00 bits per heavy atom. The van der Waals surface area contributed by atoms with Crippen molar-refractivity contribution in [2.24, 2.45) is 5.73 Å². The number of rotatable bonds is 4. The van der Waals surface area contributed by atoms with Crippen molar-refractivity contribution in [1.29, 1.82) is 0 Å². The molecular formula is C11H16N2O. The van der Waals surface area contributed by atoms with Crippen LogP contribution in [0, 0.1) is 0 Å². The van der Waals surface area contributed by atoms with Crippen molar-refractivity contribution in [3.05, 3.63) is 29.8 Å². The minimum absolute atomic E-state index is 0.522. The van der Waals surface area contributed by atoms with Gasteiger partial charge >= 0.3 is 6.03 Å². The maximum Gasteiger partial charge on any atom is 0.316 e. The summed E-state index contributed by atoms with van der Waals surface area (Å²) in [6.45, 7) is 2.17. The molecule has 76 valence electrons. The fraction of sp³-hybridized carbons (Fsp3) is 0.364. The quantitative estimate of drug-likeness (QED) is 0.756. The number of hydrogen-bond donors (Lipinski definition) is 2. The van der Waals surface area contributed by atoms with E-state index in [1.165, 1.54) is 18.4 Å². The van der Waals surface area contributed by atoms with Gasteiger partial charge in [0.05, 0.1) is 0 Å². The zero-order chi connectivity index (χ0) is 10.4. The van der Waals surface area contributed by atoms with Crippen LogP contribution in [0.1, 0.15) is 25.3 Å². The Kier molecular flexibility index (Phi) is 3.98. The third kappa shape index (κ3) is 3.47. The van der Waals surface area contributed by atoms with E-state index < -0.39 is 6.03 Å². The molecule has 0 atom stereocenters. The fourth-order valence-corrected chi connectivity index (χ4v) is 1.28. The molecule has 14 heavy (non-hydrogen) atoms. The van der Waals surface area contributed by atoms with Gasteiger partial charge in [0.2, 0.25) is 0 Å². The molecule has 0 saturated carbocycles. The standard InChI is InChI=1S/C11H16N2O/c1-2-3-4-9-5-7-10(8-6-9)13-11(12)14/h5-8H,2-4H2,1H3,(H3,12,13,14). The molecule has 1 aromatic carbocycles. The molecule has 0 unspecified atom stereocenters. The van der Waals surface area contributed by atoms with Gasteiger partial charge in [0, 0.05) is 5.69 Å². The van der Waals surface area contributed by atoms with Gasteiger partial charge in [0.1, 0.15) is 0 Å². The van der Waals surface area contributed by atoms with Gasteiger partial charge in [-0.05, 0) is 30.5 Å². The summed E-state index contributed by atoms with van der Waals surface area (Å²) in [5.41, 5.74) is 7.03. The van der Waals surface area contributed by atoms with E-state index in [4.69, 9.17) is 5.73 Å². The number of nitrogens with two attached hydrogens (primary N) is 1. The van der Waals surface area contributed by atoms with Crippen LogP contribution in [0.2, 0.25) is 0 Å². The SMILES string of the molecule is CCCCc1ccc(NC(N)=O)cc1. The van der Waals surface area contributed by atoms with Crippen LogP contribution in [0.4, 0.5) is 10.5 Å². The van der Waals surface area contributed by atoms with E-state index in [1.807, 2.05) is 24.3 Å². The molecule has 0 bridgehead atoms. The van der Waals surface area contributed by atoms with E-state index in [1.54, 1.807) is 0 Å². The van der Waals surface area contributed by atoms with Crippen LogP contribution in [0.15, 0.2) is 24.3 Å². The number of carbonyl (C=O) groups is 1. The van der Waals surface area contributed by atoms with Crippen molar-refractivity contribution < 1.29 is 4.79 Å². The minimum Gasteiger partial charge on any atom is -0.351 e. The molecule has 1 rings (SSSR count). The molecule has 0 spiro atoms. The number of primary amides is 1. The zero-order valence-corrected chi connectivity index (χ0v) is 8.42. The van der Waals surface area contributed by atoms with E-state index in [2.05, 4.69) is 12.2 Å². The van der Waals surface area contributed by atoms with Crippen molar-refractivity contribution in [3.63, 3.8) is 0 Å². The molecular weight excluding hydrogens is 176 g/mol. The Hall–Kier alpha value is -1.51. The number of aryl methyl sites for hydroxylation is 1. The monoisotopic (exact) mass is 192 g/mol. The first kappa shape index (κ1) is 10.6. The summed E-state index contributed by atoms with van der Waals surface area (Å²) >= 11 is 0. The Bertz CT molecular complexity index is 293. The molecule has 0 aliphatic heterocycles. The first-order chi connectivity index (χ1) is 6.72. The van der Waals surface area contributed by atoms with Crippen LogP contribution in [0.25, 0.3) is 0 Å². The van der Waals surface area contributed by atoms with Gasteiger partial charge in [0.15, 0.2) is 0 Å². The first-order valence-corrected chi connectivity index (χ1v) is 4.87. The number of amides is 2. The van der Waals surface area contributed by atoms with Gasteiger partial charge in [0.25, 0.3) is 0 Å². The van der Waals surface area contributed by atoms with Crippen LogP contribution in [-0.4, -0.2) is 6.03 Å². The van der Waals surface area contributed by atoms with Gasteiger partial charge in [-0.25, -0.2) is 4.79 Å². The normalized spacial score (nSPS) is 9.79. The van der Waals surface area contributed by atoms with Crippen molar-refractivity contribution in [3.8, 4) is 0 Å². The van der Waals surface area contributed by atoms with Gasteiger partial charge in [-0.3, -0.25) is 0 Å². The first-order valence-electron chi connectivity index (χ1n) is 4.87. The number of unbranched alkanes of at least 4 members (excludes halogenated alkanes) is 1. The van der Waals surface area contributed by atoms with E-state index in [9.17, 15) is 4.79 Å². The molecule has 0 fully saturated rings. The van der Waals surface area contributed by atoms with Crippen LogP contribution in [0.3, 0.4) is 0 Å². The maximum absolute atomic E-state index is 10.5. The van der Waals surface area contributed by atoms with Crippen LogP contribution >= 0.6 is 0 Å². The van der Waals surface area contributed by atoms with Crippen molar-refractivity contribution in [2.75, 3.05) is 5.32 Å². The van der Waals surface area contributed by atoms with E-state index in [0.717, 1.165) is 12.1 Å². The lowest BCUT2D eigenvalue weighted by Gasteiger charge is -2.03. The Morgan fingerprint density at radius 1 is 1.36 bits per heavy atom. The number of nitrogens with one attached hydrogen (secondary N) is 1. The minimum atomic E-state index is -0.522. The van der Waals surface area contributed by atoms with Crippen LogP contribution < -0.4 is 11.1 Å². The second-order valence-electron chi connectivity index (χ2n) is 3.29. The second kappa shape index (κ2) is 5.27. The third-order valence-electron chi connectivity index (χ3n) is 2.04. The van der Waals surface area contributed by atoms with Crippen LogP contribution in [0.5, 0.6) is 0 Å². The van der Waals surface area contributed by atoms with Crippen LogP contribution in [-0.2, 0) is 6.42 Å². The van der Waals surface area contributed by atoms with Gasteiger partial charge in [-0.15, -0.1) is 0 Å². The second-order valence-corrected chi connectivity index (χ2v) is 3.29. The Morgan fingerprint density at radius 3 is 2.50 bits per heavy atom. The summed E-state index contributed by atoms with van der Waals surface area (Å²) in [6, 6.07) is 7.25. The third-order valence-corrected chi connectivity index (χ3v) is 2.04. The summed E-state index contributed by atoms with van der Waals surface area (Å²) in [4.78, 5) is 10.5. The average Bonchev–Trinajstić information content (AvgIpc) is 2.16. The molecule has 0 aromatic heterocycles. The number of anilines is 1. The summed E-state index contributed by atoms with van der Waals surface area (Å²) in [5.74, 6) is 0. The van der Waals surface area contributed by atoms with Gasteiger partial charge < -0.3 is 11.1 Å². The molecule has 0 heterocycles. The summed E-state index contributed by atoms with van der Waals surface area (Å²) < 4.78 is 0. The number of hydrogen-bond acceptors (Lipinski definition) is 1. The highest BCUT2D eigenvalue weighted by atomic mass is 16.2. The maximum atomic E-state index is 10.5. The van der Waals surface area contributed by atoms with Gasteiger partial charge in [-0.2, -0.15) is 0 Å². The highest BCUT2D eigenvalue weighted by molar-refractivity contribution is 5.87. The Balaban J connectivity index is 2.54. The van der Waals surface area contributed by atoms with Crippen molar-refractivity contribution in [1.82, 2.24) is 0 Å². The highest BCUT2D eigenvalue weighted by Crippen LogP contribution is 2.11. The molecule has 3 nitrogen and oxygen atoms in total. The van der Waals surface area contributed by atoms with Gasteiger partial charge in [-0.1, -0.05) is 25.5 Å². The number of carbonyl (C=O) groups excluding carboxylic acids is 1. The molecule has 0 saturated heterocycles. The van der Waals surface area contributed by atoms with Crippen molar-refractivity contribution >= 4 is 11.7 Å². The van der Waals surface area contributed by atoms with Crippen molar-refractivity contribution in [2.45, 2.75) is 26.2 Å². The topological polar surface area (TPSA) is 55.1 Å². The fourth-order valence-electron chi connectivity index (χ4n) is 1.28. The predicted octanol–water partition coefficient (Wildman–Crippen LogP) is 2.52. The average molecular weight is 192 g/mol. The smallest absolute Gasteiger partial charge is 0.316 e. The molecule has 2 amide bonds. The summed E-state index contributed by atoms with van der Waals surface area (Å²) in [5, 5.41) is 2.53. The van der Waals surface area contributed by atoms with E-state index in [-0.39, 0.29) is 0 Å². The lowest BCUT2D eigenvalue weighted by Crippen LogP contribution is -2.19.